The van der Waals surface area contributed by atoms with Crippen molar-refractivity contribution in [1.29, 1.82) is 0 Å². The molecular weight excluding hydrogens is 307 g/mol. The second kappa shape index (κ2) is 7.30. The summed E-state index contributed by atoms with van der Waals surface area (Å²) in [6.45, 7) is 0.186. The third-order valence-corrected chi connectivity index (χ3v) is 2.68. The number of anilines is 1. The van der Waals surface area contributed by atoms with Gasteiger partial charge < -0.3 is 20.5 Å². The normalized spacial score (nSPS) is 12.0. The van der Waals surface area contributed by atoms with Gasteiger partial charge in [-0.1, -0.05) is 0 Å². The number of ether oxygens (including phenoxy) is 1. The van der Waals surface area contributed by atoms with Gasteiger partial charge in [-0.2, -0.15) is 0 Å². The minimum absolute atomic E-state index is 0.0542. The second-order valence-corrected chi connectivity index (χ2v) is 4.43. The highest BCUT2D eigenvalue weighted by Crippen LogP contribution is 2.19. The number of hydrogen-bond acceptors (Lipinski definition) is 3. The molecule has 18 heavy (non-hydrogen) atoms. The number of hydrogen-bond donors (Lipinski definition) is 3. The van der Waals surface area contributed by atoms with Crippen LogP contribution in [0.25, 0.3) is 0 Å². The lowest BCUT2D eigenvalue weighted by Gasteiger charge is -2.11. The molecule has 0 fully saturated rings. The van der Waals surface area contributed by atoms with E-state index in [-0.39, 0.29) is 13.2 Å². The number of benzene rings is 1. The van der Waals surface area contributed by atoms with E-state index in [0.29, 0.717) is 10.2 Å². The first-order valence-corrected chi connectivity index (χ1v) is 5.99. The van der Waals surface area contributed by atoms with Gasteiger partial charge in [-0.3, -0.25) is 0 Å². The molecule has 100 valence electrons. The number of halogens is 2. The molecule has 0 aliphatic rings. The van der Waals surface area contributed by atoms with Crippen LogP contribution in [0.15, 0.2) is 22.7 Å². The molecule has 1 aromatic rings. The molecule has 0 radical (unpaired) electrons. The fraction of sp³-hybridized carbons (Fsp3) is 0.364. The zero-order valence-corrected chi connectivity index (χ0v) is 11.3. The standard InChI is InChI=1S/C11H14BrFN2O3/c1-18-6-8(16)5-14-11(17)15-7-2-3-9(12)10(13)4-7/h2-4,8,16H,5-6H2,1H3,(H2,14,15,17)/t8-/m1/s1. The zero-order chi connectivity index (χ0) is 13.5. The van der Waals surface area contributed by atoms with E-state index >= 15 is 0 Å². The molecule has 2 amide bonds. The molecule has 0 spiro atoms. The van der Waals surface area contributed by atoms with Crippen LogP contribution in [0.4, 0.5) is 14.9 Å². The lowest BCUT2D eigenvalue weighted by atomic mass is 10.3. The van der Waals surface area contributed by atoms with Gasteiger partial charge in [-0.15, -0.1) is 0 Å². The molecule has 0 unspecified atom stereocenters. The van der Waals surface area contributed by atoms with E-state index in [1.54, 1.807) is 6.07 Å². The van der Waals surface area contributed by atoms with Crippen LogP contribution < -0.4 is 10.6 Å². The maximum Gasteiger partial charge on any atom is 0.319 e. The predicted octanol–water partition coefficient (Wildman–Crippen LogP) is 1.72. The van der Waals surface area contributed by atoms with Gasteiger partial charge in [0.25, 0.3) is 0 Å². The molecule has 1 atom stereocenters. The highest BCUT2D eigenvalue weighted by atomic mass is 79.9. The lowest BCUT2D eigenvalue weighted by Crippen LogP contribution is -2.37. The van der Waals surface area contributed by atoms with Crippen molar-refractivity contribution in [2.75, 3.05) is 25.6 Å². The van der Waals surface area contributed by atoms with Gasteiger partial charge in [-0.25, -0.2) is 9.18 Å². The summed E-state index contributed by atoms with van der Waals surface area (Å²) >= 11 is 3.01. The number of amides is 2. The van der Waals surface area contributed by atoms with E-state index in [9.17, 15) is 14.3 Å². The Labute approximate surface area is 112 Å². The molecule has 1 rings (SSSR count). The van der Waals surface area contributed by atoms with Gasteiger partial charge >= 0.3 is 6.03 Å². The van der Waals surface area contributed by atoms with E-state index in [4.69, 9.17) is 4.74 Å². The molecule has 0 aromatic heterocycles. The maximum atomic E-state index is 13.2. The SMILES string of the molecule is COC[C@H](O)CNC(=O)Nc1ccc(Br)c(F)c1. The third-order valence-electron chi connectivity index (χ3n) is 2.03. The molecule has 0 aliphatic heterocycles. The van der Waals surface area contributed by atoms with Crippen molar-refractivity contribution in [2.45, 2.75) is 6.10 Å². The Morgan fingerprint density at radius 3 is 2.94 bits per heavy atom. The quantitative estimate of drug-likeness (QED) is 0.773. The van der Waals surface area contributed by atoms with Crippen LogP contribution in [-0.2, 0) is 4.74 Å². The van der Waals surface area contributed by atoms with Crippen molar-refractivity contribution < 1.29 is 19.0 Å². The van der Waals surface area contributed by atoms with Crippen molar-refractivity contribution in [3.05, 3.63) is 28.5 Å². The van der Waals surface area contributed by atoms with Gasteiger partial charge in [0, 0.05) is 19.3 Å². The van der Waals surface area contributed by atoms with Crippen LogP contribution in [0.1, 0.15) is 0 Å². The predicted molar refractivity (Wildman–Crippen MR) is 69.0 cm³/mol. The average molecular weight is 321 g/mol. The van der Waals surface area contributed by atoms with Gasteiger partial charge in [0.05, 0.1) is 17.2 Å². The van der Waals surface area contributed by atoms with E-state index < -0.39 is 18.0 Å². The summed E-state index contributed by atoms with van der Waals surface area (Å²) in [6, 6.07) is 3.71. The molecule has 3 N–H and O–H groups in total. The first-order chi connectivity index (χ1) is 8.52. The molecule has 0 saturated heterocycles. The van der Waals surface area contributed by atoms with Crippen LogP contribution in [-0.4, -0.2) is 37.5 Å². The summed E-state index contributed by atoms with van der Waals surface area (Å²) in [4.78, 5) is 11.4. The van der Waals surface area contributed by atoms with Crippen molar-refractivity contribution >= 4 is 27.6 Å². The Balaban J connectivity index is 2.42. The van der Waals surface area contributed by atoms with Crippen LogP contribution in [0.5, 0.6) is 0 Å². The summed E-state index contributed by atoms with van der Waals surface area (Å²) in [5.41, 5.74) is 0.328. The number of carbonyl (C=O) groups excluding carboxylic acids is 1. The second-order valence-electron chi connectivity index (χ2n) is 3.57. The topological polar surface area (TPSA) is 70.6 Å². The Morgan fingerprint density at radius 1 is 1.61 bits per heavy atom. The Kier molecular flexibility index (Phi) is 6.03. The van der Waals surface area contributed by atoms with Crippen LogP contribution in [0.2, 0.25) is 0 Å². The molecule has 0 heterocycles. The zero-order valence-electron chi connectivity index (χ0n) is 9.74. The van der Waals surface area contributed by atoms with E-state index in [1.807, 2.05) is 0 Å². The summed E-state index contributed by atoms with van der Waals surface area (Å²) in [5.74, 6) is -0.466. The summed E-state index contributed by atoms with van der Waals surface area (Å²) in [6.07, 6.45) is -0.776. The summed E-state index contributed by atoms with van der Waals surface area (Å²) < 4.78 is 18.2. The molecule has 7 heteroatoms. The minimum atomic E-state index is -0.776. The van der Waals surface area contributed by atoms with Gasteiger partial charge in [0.15, 0.2) is 0 Å². The summed E-state index contributed by atoms with van der Waals surface area (Å²) in [5, 5.41) is 14.2. The van der Waals surface area contributed by atoms with E-state index in [1.165, 1.54) is 19.2 Å². The van der Waals surface area contributed by atoms with E-state index in [2.05, 4.69) is 26.6 Å². The first-order valence-electron chi connectivity index (χ1n) is 5.20. The number of nitrogens with one attached hydrogen (secondary N) is 2. The van der Waals surface area contributed by atoms with Crippen molar-refractivity contribution in [3.8, 4) is 0 Å². The average Bonchev–Trinajstić information content (AvgIpc) is 2.32. The summed E-state index contributed by atoms with van der Waals surface area (Å²) in [7, 11) is 1.45. The Hall–Kier alpha value is -1.18. The number of carbonyl (C=O) groups is 1. The molecule has 1 aromatic carbocycles. The van der Waals surface area contributed by atoms with Gasteiger partial charge in [0.1, 0.15) is 5.82 Å². The lowest BCUT2D eigenvalue weighted by molar-refractivity contribution is 0.0663. The minimum Gasteiger partial charge on any atom is -0.389 e. The molecule has 0 saturated carbocycles. The smallest absolute Gasteiger partial charge is 0.319 e. The molecule has 0 aliphatic carbocycles. The number of urea groups is 1. The fourth-order valence-corrected chi connectivity index (χ4v) is 1.46. The molecule has 0 bridgehead atoms. The molecule has 5 nitrogen and oxygen atoms in total. The number of rotatable bonds is 5. The van der Waals surface area contributed by atoms with Gasteiger partial charge in [0.2, 0.25) is 0 Å². The number of aliphatic hydroxyl groups is 1. The van der Waals surface area contributed by atoms with Gasteiger partial charge in [-0.05, 0) is 34.1 Å². The van der Waals surface area contributed by atoms with Crippen molar-refractivity contribution in [3.63, 3.8) is 0 Å². The number of methoxy groups -OCH3 is 1. The van der Waals surface area contributed by atoms with Crippen LogP contribution in [0, 0.1) is 5.82 Å². The largest absolute Gasteiger partial charge is 0.389 e. The first kappa shape index (κ1) is 14.9. The van der Waals surface area contributed by atoms with Crippen molar-refractivity contribution in [1.82, 2.24) is 5.32 Å². The Bertz CT molecular complexity index is 417. The molecular formula is C11H14BrFN2O3. The monoisotopic (exact) mass is 320 g/mol. The highest BCUT2D eigenvalue weighted by Gasteiger charge is 2.07. The maximum absolute atomic E-state index is 13.2. The van der Waals surface area contributed by atoms with E-state index in [0.717, 1.165) is 0 Å². The number of aliphatic hydroxyl groups excluding tert-OH is 1. The highest BCUT2D eigenvalue weighted by molar-refractivity contribution is 9.10. The van der Waals surface area contributed by atoms with Crippen molar-refractivity contribution in [2.24, 2.45) is 0 Å². The Morgan fingerprint density at radius 2 is 2.33 bits per heavy atom. The fourth-order valence-electron chi connectivity index (χ4n) is 1.21. The third kappa shape index (κ3) is 4.99. The van der Waals surface area contributed by atoms with Crippen LogP contribution in [0.3, 0.4) is 0 Å². The van der Waals surface area contributed by atoms with Crippen LogP contribution >= 0.6 is 15.9 Å².